The second kappa shape index (κ2) is 4.01. The third-order valence-corrected chi connectivity index (χ3v) is 1.75. The van der Waals surface area contributed by atoms with Gasteiger partial charge in [0.1, 0.15) is 10.8 Å². The third kappa shape index (κ3) is 2.40. The van der Waals surface area contributed by atoms with Crippen LogP contribution in [0.25, 0.3) is 0 Å². The van der Waals surface area contributed by atoms with Crippen LogP contribution in [0.1, 0.15) is 5.56 Å². The molecule has 0 bridgehead atoms. The number of urea groups is 1. The van der Waals surface area contributed by atoms with Crippen LogP contribution in [0.5, 0.6) is 0 Å². The molecule has 0 fully saturated rings. The molecule has 5 N–H and O–H groups in total. The Labute approximate surface area is 85.1 Å². The molecule has 0 aliphatic heterocycles. The van der Waals surface area contributed by atoms with Gasteiger partial charge in [-0.2, -0.15) is 0 Å². The van der Waals surface area contributed by atoms with Crippen LogP contribution in [-0.4, -0.2) is 11.0 Å². The van der Waals surface area contributed by atoms with Crippen molar-refractivity contribution in [3.8, 4) is 0 Å². The van der Waals surface area contributed by atoms with Crippen molar-refractivity contribution in [2.75, 3.05) is 5.32 Å². The number of carbonyl (C=O) groups is 1. The number of nitrogens with one attached hydrogen (secondary N) is 1. The summed E-state index contributed by atoms with van der Waals surface area (Å²) in [6.07, 6.45) is 0. The van der Waals surface area contributed by atoms with E-state index >= 15 is 0 Å². The molecule has 2 amide bonds. The maximum atomic E-state index is 13.2. The van der Waals surface area contributed by atoms with Crippen molar-refractivity contribution >= 4 is 28.9 Å². The van der Waals surface area contributed by atoms with Gasteiger partial charge in [-0.05, 0) is 18.2 Å². The van der Waals surface area contributed by atoms with Crippen LogP contribution in [0.3, 0.4) is 0 Å². The number of hydrogen-bond donors (Lipinski definition) is 3. The molecule has 0 heterocycles. The number of primary amides is 1. The van der Waals surface area contributed by atoms with Crippen LogP contribution >= 0.6 is 12.2 Å². The van der Waals surface area contributed by atoms with Crippen LogP contribution in [0, 0.1) is 5.82 Å². The zero-order valence-corrected chi connectivity index (χ0v) is 7.90. The van der Waals surface area contributed by atoms with Crippen LogP contribution in [-0.2, 0) is 0 Å². The molecule has 74 valence electrons. The van der Waals surface area contributed by atoms with Gasteiger partial charge in [-0.3, -0.25) is 0 Å². The zero-order valence-electron chi connectivity index (χ0n) is 7.08. The number of thiocarbonyl (C=S) groups is 1. The molecular weight excluding hydrogens is 205 g/mol. The minimum atomic E-state index is -0.827. The highest BCUT2D eigenvalue weighted by Crippen LogP contribution is 2.15. The molecule has 0 unspecified atom stereocenters. The number of carbonyl (C=O) groups excluding carboxylic acids is 1. The predicted octanol–water partition coefficient (Wildman–Crippen LogP) is 0.951. The summed E-state index contributed by atoms with van der Waals surface area (Å²) in [6.45, 7) is 0. The van der Waals surface area contributed by atoms with Crippen molar-refractivity contribution in [3.63, 3.8) is 0 Å². The SMILES string of the molecule is NC(=O)Nc1ccc(C(N)=S)cc1F. The third-order valence-electron chi connectivity index (χ3n) is 1.51. The topological polar surface area (TPSA) is 81.1 Å². The summed E-state index contributed by atoms with van der Waals surface area (Å²) < 4.78 is 13.2. The molecule has 0 atom stereocenters. The largest absolute Gasteiger partial charge is 0.389 e. The molecule has 1 aromatic rings. The fraction of sp³-hybridized carbons (Fsp3) is 0. The van der Waals surface area contributed by atoms with E-state index in [-0.39, 0.29) is 10.7 Å². The van der Waals surface area contributed by atoms with Gasteiger partial charge in [0.05, 0.1) is 5.69 Å². The Morgan fingerprint density at radius 3 is 2.50 bits per heavy atom. The van der Waals surface area contributed by atoms with Gasteiger partial charge in [0.2, 0.25) is 0 Å². The minimum Gasteiger partial charge on any atom is -0.389 e. The van der Waals surface area contributed by atoms with E-state index in [4.69, 9.17) is 11.5 Å². The number of anilines is 1. The van der Waals surface area contributed by atoms with Crippen LogP contribution < -0.4 is 16.8 Å². The zero-order chi connectivity index (χ0) is 10.7. The highest BCUT2D eigenvalue weighted by Gasteiger charge is 2.06. The smallest absolute Gasteiger partial charge is 0.316 e. The van der Waals surface area contributed by atoms with Gasteiger partial charge in [-0.1, -0.05) is 12.2 Å². The molecule has 1 aromatic carbocycles. The summed E-state index contributed by atoms with van der Waals surface area (Å²) in [6, 6.07) is 3.14. The summed E-state index contributed by atoms with van der Waals surface area (Å²) in [4.78, 5) is 10.5. The van der Waals surface area contributed by atoms with Crippen LogP contribution in [0.4, 0.5) is 14.9 Å². The molecule has 0 aliphatic rings. The second-order valence-corrected chi connectivity index (χ2v) is 2.99. The van der Waals surface area contributed by atoms with Gasteiger partial charge < -0.3 is 16.8 Å². The molecule has 0 saturated carbocycles. The summed E-state index contributed by atoms with van der Waals surface area (Å²) in [7, 11) is 0. The number of benzene rings is 1. The molecule has 14 heavy (non-hydrogen) atoms. The van der Waals surface area contributed by atoms with Crippen molar-refractivity contribution < 1.29 is 9.18 Å². The molecule has 1 rings (SSSR count). The molecule has 0 spiro atoms. The van der Waals surface area contributed by atoms with Crippen molar-refractivity contribution in [2.24, 2.45) is 11.5 Å². The Morgan fingerprint density at radius 1 is 1.43 bits per heavy atom. The standard InChI is InChI=1S/C8H8FN3OS/c9-5-3-4(7(10)14)1-2-6(5)12-8(11)13/h1-3H,(H2,10,14)(H3,11,12,13). The van der Waals surface area contributed by atoms with E-state index in [1.54, 1.807) is 0 Å². The lowest BCUT2D eigenvalue weighted by molar-refractivity contribution is 0.259. The minimum absolute atomic E-state index is 0.00231. The second-order valence-electron chi connectivity index (χ2n) is 2.55. The quantitative estimate of drug-likeness (QED) is 0.640. The van der Waals surface area contributed by atoms with Gasteiger partial charge in [0.25, 0.3) is 0 Å². The first-order chi connectivity index (χ1) is 6.50. The first-order valence-corrected chi connectivity index (χ1v) is 4.07. The predicted molar refractivity (Wildman–Crippen MR) is 55.5 cm³/mol. The maximum absolute atomic E-state index is 13.2. The van der Waals surface area contributed by atoms with Crippen LogP contribution in [0.15, 0.2) is 18.2 Å². The van der Waals surface area contributed by atoms with E-state index in [9.17, 15) is 9.18 Å². The Kier molecular flexibility index (Phi) is 2.98. The lowest BCUT2D eigenvalue weighted by atomic mass is 10.2. The van der Waals surface area contributed by atoms with E-state index in [1.165, 1.54) is 12.1 Å². The van der Waals surface area contributed by atoms with Crippen molar-refractivity contribution in [3.05, 3.63) is 29.6 Å². The van der Waals surface area contributed by atoms with E-state index in [1.807, 2.05) is 0 Å². The average Bonchev–Trinajstić information content (AvgIpc) is 2.07. The fourth-order valence-corrected chi connectivity index (χ4v) is 1.03. The van der Waals surface area contributed by atoms with Gasteiger partial charge >= 0.3 is 6.03 Å². The Bertz CT molecular complexity index is 394. The first-order valence-electron chi connectivity index (χ1n) is 3.66. The lowest BCUT2D eigenvalue weighted by Gasteiger charge is -2.04. The number of halogens is 1. The summed E-state index contributed by atoms with van der Waals surface area (Å²) >= 11 is 4.65. The Hall–Kier alpha value is -1.69. The van der Waals surface area contributed by atoms with Crippen LogP contribution in [0.2, 0.25) is 0 Å². The molecule has 4 nitrogen and oxygen atoms in total. The van der Waals surface area contributed by atoms with E-state index in [0.717, 1.165) is 6.07 Å². The average molecular weight is 213 g/mol. The van der Waals surface area contributed by atoms with Gasteiger partial charge in [-0.25, -0.2) is 9.18 Å². The summed E-state index contributed by atoms with van der Waals surface area (Å²) in [5.41, 5.74) is 10.5. The van der Waals surface area contributed by atoms with E-state index < -0.39 is 11.8 Å². The number of amides is 2. The summed E-state index contributed by atoms with van der Waals surface area (Å²) in [5, 5.41) is 2.12. The molecule has 6 heteroatoms. The molecule has 0 aliphatic carbocycles. The monoisotopic (exact) mass is 213 g/mol. The Balaban J connectivity index is 3.01. The molecule has 0 radical (unpaired) electrons. The number of rotatable bonds is 2. The molecular formula is C8H8FN3OS. The first kappa shape index (κ1) is 10.4. The lowest BCUT2D eigenvalue weighted by Crippen LogP contribution is -2.20. The normalized spacial score (nSPS) is 9.50. The van der Waals surface area contributed by atoms with Gasteiger partial charge in [0.15, 0.2) is 0 Å². The van der Waals surface area contributed by atoms with E-state index in [2.05, 4.69) is 17.5 Å². The van der Waals surface area contributed by atoms with E-state index in [0.29, 0.717) is 5.56 Å². The van der Waals surface area contributed by atoms with Gasteiger partial charge in [-0.15, -0.1) is 0 Å². The molecule has 0 aromatic heterocycles. The highest BCUT2D eigenvalue weighted by atomic mass is 32.1. The Morgan fingerprint density at radius 2 is 2.07 bits per heavy atom. The summed E-state index contributed by atoms with van der Waals surface area (Å²) in [5.74, 6) is -0.630. The highest BCUT2D eigenvalue weighted by molar-refractivity contribution is 7.80. The van der Waals surface area contributed by atoms with Gasteiger partial charge in [0, 0.05) is 5.56 Å². The van der Waals surface area contributed by atoms with Crippen molar-refractivity contribution in [1.29, 1.82) is 0 Å². The number of hydrogen-bond acceptors (Lipinski definition) is 2. The van der Waals surface area contributed by atoms with Crippen molar-refractivity contribution in [2.45, 2.75) is 0 Å². The van der Waals surface area contributed by atoms with Crippen molar-refractivity contribution in [1.82, 2.24) is 0 Å². The number of nitrogens with two attached hydrogens (primary N) is 2. The molecule has 0 saturated heterocycles. The fourth-order valence-electron chi connectivity index (χ4n) is 0.902. The maximum Gasteiger partial charge on any atom is 0.316 e.